The maximum atomic E-state index is 11.1. The molecule has 106 valence electrons. The van der Waals surface area contributed by atoms with Gasteiger partial charge < -0.3 is 10.1 Å². The normalized spacial score (nSPS) is 10.3. The molecule has 0 aliphatic carbocycles. The van der Waals surface area contributed by atoms with Crippen LogP contribution in [0.4, 0.5) is 5.69 Å². The fourth-order valence-electron chi connectivity index (χ4n) is 1.64. The predicted octanol–water partition coefficient (Wildman–Crippen LogP) is 4.59. The van der Waals surface area contributed by atoms with Gasteiger partial charge in [-0.05, 0) is 76.5 Å². The van der Waals surface area contributed by atoms with E-state index in [0.717, 1.165) is 36.0 Å². The van der Waals surface area contributed by atoms with E-state index in [2.05, 4.69) is 62.0 Å². The first-order chi connectivity index (χ1) is 9.13. The van der Waals surface area contributed by atoms with Gasteiger partial charge in [0.2, 0.25) is 0 Å². The largest absolute Gasteiger partial charge is 0.466 e. The molecule has 0 fully saturated rings. The van der Waals surface area contributed by atoms with E-state index in [1.807, 2.05) is 6.92 Å². The van der Waals surface area contributed by atoms with Gasteiger partial charge in [-0.25, -0.2) is 0 Å². The summed E-state index contributed by atoms with van der Waals surface area (Å²) in [5.74, 6) is -0.0861. The van der Waals surface area contributed by atoms with Gasteiger partial charge in [-0.3, -0.25) is 4.79 Å². The highest BCUT2D eigenvalue weighted by Gasteiger charge is 2.01. The highest BCUT2D eigenvalue weighted by Crippen LogP contribution is 2.22. The van der Waals surface area contributed by atoms with Crippen LogP contribution >= 0.6 is 38.5 Å². The lowest BCUT2D eigenvalue weighted by atomic mass is 10.2. The van der Waals surface area contributed by atoms with Crippen LogP contribution in [-0.2, 0) is 9.53 Å². The Morgan fingerprint density at radius 2 is 2.16 bits per heavy atom. The van der Waals surface area contributed by atoms with E-state index in [4.69, 9.17) is 4.74 Å². The van der Waals surface area contributed by atoms with Crippen LogP contribution in [0.2, 0.25) is 0 Å². The summed E-state index contributed by atoms with van der Waals surface area (Å²) in [5.41, 5.74) is 1.12. The van der Waals surface area contributed by atoms with Gasteiger partial charge >= 0.3 is 5.97 Å². The second-order valence-electron chi connectivity index (χ2n) is 4.17. The van der Waals surface area contributed by atoms with E-state index < -0.39 is 0 Å². The molecule has 5 heteroatoms. The van der Waals surface area contributed by atoms with Crippen LogP contribution in [0, 0.1) is 3.57 Å². The van der Waals surface area contributed by atoms with Crippen molar-refractivity contribution in [1.82, 2.24) is 0 Å². The molecule has 0 aliphatic heterocycles. The third-order valence-electron chi connectivity index (χ3n) is 2.61. The molecule has 0 aliphatic rings. The van der Waals surface area contributed by atoms with Gasteiger partial charge in [0.1, 0.15) is 0 Å². The van der Waals surface area contributed by atoms with E-state index in [1.54, 1.807) is 0 Å². The number of hydrogen-bond donors (Lipinski definition) is 1. The van der Waals surface area contributed by atoms with Crippen LogP contribution in [0.5, 0.6) is 0 Å². The number of anilines is 1. The number of halogens is 2. The molecule has 1 aromatic rings. The zero-order chi connectivity index (χ0) is 14.1. The summed E-state index contributed by atoms with van der Waals surface area (Å²) in [6.45, 7) is 3.24. The van der Waals surface area contributed by atoms with Gasteiger partial charge in [0.05, 0.1) is 6.61 Å². The first-order valence-corrected chi connectivity index (χ1v) is 8.35. The average molecular weight is 440 g/mol. The Hall–Kier alpha value is -0.300. The lowest BCUT2D eigenvalue weighted by Crippen LogP contribution is -2.05. The van der Waals surface area contributed by atoms with Crippen LogP contribution in [0.25, 0.3) is 0 Å². The molecule has 0 atom stereocenters. The maximum Gasteiger partial charge on any atom is 0.305 e. The molecule has 0 radical (unpaired) electrons. The van der Waals surface area contributed by atoms with Crippen LogP contribution in [0.3, 0.4) is 0 Å². The topological polar surface area (TPSA) is 38.3 Å². The van der Waals surface area contributed by atoms with Crippen molar-refractivity contribution in [3.63, 3.8) is 0 Å². The fourth-order valence-corrected chi connectivity index (χ4v) is 2.36. The van der Waals surface area contributed by atoms with Crippen molar-refractivity contribution >= 4 is 50.2 Å². The van der Waals surface area contributed by atoms with Crippen molar-refractivity contribution in [2.75, 3.05) is 18.5 Å². The third-order valence-corrected chi connectivity index (χ3v) is 4.95. The molecule has 19 heavy (non-hydrogen) atoms. The van der Waals surface area contributed by atoms with Crippen LogP contribution in [-0.4, -0.2) is 19.1 Å². The molecule has 0 bridgehead atoms. The summed E-state index contributed by atoms with van der Waals surface area (Å²) in [6, 6.07) is 6.24. The zero-order valence-corrected chi connectivity index (χ0v) is 14.8. The molecule has 0 spiro atoms. The van der Waals surface area contributed by atoms with Gasteiger partial charge in [0, 0.05) is 26.7 Å². The Morgan fingerprint density at radius 3 is 2.84 bits per heavy atom. The highest BCUT2D eigenvalue weighted by atomic mass is 127. The van der Waals surface area contributed by atoms with Gasteiger partial charge in [-0.2, -0.15) is 0 Å². The van der Waals surface area contributed by atoms with Gasteiger partial charge in [-0.1, -0.05) is 6.42 Å². The Morgan fingerprint density at radius 1 is 1.37 bits per heavy atom. The van der Waals surface area contributed by atoms with E-state index in [0.29, 0.717) is 13.0 Å². The summed E-state index contributed by atoms with van der Waals surface area (Å²) in [5, 5.41) is 3.38. The first kappa shape index (κ1) is 16.8. The SMILES string of the molecule is CCOC(=O)CCCCCNc1ccc(I)c(Br)c1. The maximum absolute atomic E-state index is 11.1. The summed E-state index contributed by atoms with van der Waals surface area (Å²) in [4.78, 5) is 11.1. The molecule has 0 saturated heterocycles. The lowest BCUT2D eigenvalue weighted by Gasteiger charge is -2.07. The van der Waals surface area contributed by atoms with Crippen molar-refractivity contribution in [3.05, 3.63) is 26.2 Å². The van der Waals surface area contributed by atoms with Crippen LogP contribution in [0.15, 0.2) is 22.7 Å². The minimum Gasteiger partial charge on any atom is -0.466 e. The molecule has 0 heterocycles. The number of carbonyl (C=O) groups is 1. The Kier molecular flexibility index (Phi) is 8.45. The minimum absolute atomic E-state index is 0.0861. The Bertz CT molecular complexity index is 412. The summed E-state index contributed by atoms with van der Waals surface area (Å²) >= 11 is 5.80. The van der Waals surface area contributed by atoms with Crippen molar-refractivity contribution in [2.45, 2.75) is 32.6 Å². The van der Waals surface area contributed by atoms with E-state index in [-0.39, 0.29) is 5.97 Å². The van der Waals surface area contributed by atoms with Crippen LogP contribution in [0.1, 0.15) is 32.6 Å². The number of rotatable bonds is 8. The zero-order valence-electron chi connectivity index (χ0n) is 11.0. The Labute approximate surface area is 136 Å². The molecule has 1 N–H and O–H groups in total. The molecule has 0 amide bonds. The predicted molar refractivity (Wildman–Crippen MR) is 90.4 cm³/mol. The van der Waals surface area contributed by atoms with Crippen LogP contribution < -0.4 is 5.32 Å². The highest BCUT2D eigenvalue weighted by molar-refractivity contribution is 14.1. The van der Waals surface area contributed by atoms with E-state index >= 15 is 0 Å². The minimum atomic E-state index is -0.0861. The first-order valence-electron chi connectivity index (χ1n) is 6.48. The van der Waals surface area contributed by atoms with Crippen molar-refractivity contribution in [2.24, 2.45) is 0 Å². The van der Waals surface area contributed by atoms with E-state index in [1.165, 1.54) is 3.57 Å². The molecule has 0 aromatic heterocycles. The van der Waals surface area contributed by atoms with Crippen molar-refractivity contribution < 1.29 is 9.53 Å². The summed E-state index contributed by atoms with van der Waals surface area (Å²) in [7, 11) is 0. The number of unbranched alkanes of at least 4 members (excludes halogenated alkanes) is 2. The second kappa shape index (κ2) is 9.58. The lowest BCUT2D eigenvalue weighted by molar-refractivity contribution is -0.143. The van der Waals surface area contributed by atoms with Gasteiger partial charge in [0.15, 0.2) is 0 Å². The molecular formula is C14H19BrINO2. The Balaban J connectivity index is 2.10. The molecular weight excluding hydrogens is 421 g/mol. The third kappa shape index (κ3) is 7.15. The quantitative estimate of drug-likeness (QED) is 0.365. The monoisotopic (exact) mass is 439 g/mol. The number of esters is 1. The standard InChI is InChI=1S/C14H19BrINO2/c1-2-19-14(18)6-4-3-5-9-17-11-7-8-13(16)12(15)10-11/h7-8,10,17H,2-6,9H2,1H3. The number of ether oxygens (including phenoxy) is 1. The fraction of sp³-hybridized carbons (Fsp3) is 0.500. The van der Waals surface area contributed by atoms with Gasteiger partial charge in [-0.15, -0.1) is 0 Å². The van der Waals surface area contributed by atoms with Gasteiger partial charge in [0.25, 0.3) is 0 Å². The molecule has 1 aromatic carbocycles. The molecule has 0 saturated carbocycles. The van der Waals surface area contributed by atoms with Crippen molar-refractivity contribution in [3.8, 4) is 0 Å². The molecule has 0 unspecified atom stereocenters. The van der Waals surface area contributed by atoms with E-state index in [9.17, 15) is 4.79 Å². The molecule has 3 nitrogen and oxygen atoms in total. The number of carbonyl (C=O) groups excluding carboxylic acids is 1. The summed E-state index contributed by atoms with van der Waals surface area (Å²) in [6.07, 6.45) is 3.53. The average Bonchev–Trinajstić information content (AvgIpc) is 2.38. The molecule has 1 rings (SSSR count). The second-order valence-corrected chi connectivity index (χ2v) is 6.19. The summed E-state index contributed by atoms with van der Waals surface area (Å²) < 4.78 is 7.20. The van der Waals surface area contributed by atoms with Crippen molar-refractivity contribution in [1.29, 1.82) is 0 Å². The number of nitrogens with one attached hydrogen (secondary N) is 1. The number of benzene rings is 1. The smallest absolute Gasteiger partial charge is 0.305 e. The number of hydrogen-bond acceptors (Lipinski definition) is 3.